The number of thiazole rings is 1. The molecule has 6 heteroatoms. The molecule has 2 rings (SSSR count). The third-order valence-corrected chi connectivity index (χ3v) is 4.34. The maximum absolute atomic E-state index is 5.28. The van der Waals surface area contributed by atoms with Gasteiger partial charge in [0, 0.05) is 6.54 Å². The quantitative estimate of drug-likeness (QED) is 0.852. The van der Waals surface area contributed by atoms with Crippen LogP contribution >= 0.6 is 23.6 Å². The van der Waals surface area contributed by atoms with E-state index in [0.29, 0.717) is 4.77 Å². The second-order valence-corrected chi connectivity index (χ2v) is 5.56. The molecule has 2 aromatic heterocycles. The van der Waals surface area contributed by atoms with Crippen LogP contribution in [0.1, 0.15) is 37.9 Å². The molecule has 0 aliphatic heterocycles. The Bertz CT molecular complexity index is 579. The van der Waals surface area contributed by atoms with E-state index in [1.54, 1.807) is 11.3 Å². The van der Waals surface area contributed by atoms with Gasteiger partial charge in [0.1, 0.15) is 0 Å². The van der Waals surface area contributed by atoms with Gasteiger partial charge in [-0.2, -0.15) is 5.10 Å². The fourth-order valence-electron chi connectivity index (χ4n) is 1.89. The lowest BCUT2D eigenvalue weighted by Gasteiger charge is -2.03. The Labute approximate surface area is 116 Å². The predicted octanol–water partition coefficient (Wildman–Crippen LogP) is 3.60. The van der Waals surface area contributed by atoms with E-state index in [2.05, 4.69) is 40.5 Å². The highest BCUT2D eigenvalue weighted by Gasteiger charge is 2.16. The zero-order chi connectivity index (χ0) is 13.1. The summed E-state index contributed by atoms with van der Waals surface area (Å²) in [6.07, 6.45) is 2.94. The summed E-state index contributed by atoms with van der Waals surface area (Å²) in [6, 6.07) is 0. The molecule has 0 radical (unpaired) electrons. The Kier molecular flexibility index (Phi) is 4.29. The van der Waals surface area contributed by atoms with Crippen LogP contribution in [0, 0.1) is 4.77 Å². The summed E-state index contributed by atoms with van der Waals surface area (Å²) in [7, 11) is 0. The molecule has 0 aliphatic rings. The molecule has 98 valence electrons. The predicted molar refractivity (Wildman–Crippen MR) is 77.6 cm³/mol. The van der Waals surface area contributed by atoms with Gasteiger partial charge < -0.3 is 0 Å². The smallest absolute Gasteiger partial charge is 0.195 e. The number of hydrogen-bond acceptors (Lipinski definition) is 4. The molecule has 4 nitrogen and oxygen atoms in total. The first-order valence-electron chi connectivity index (χ1n) is 6.35. The number of rotatable bonds is 5. The second kappa shape index (κ2) is 5.75. The first-order valence-corrected chi connectivity index (χ1v) is 7.57. The molecule has 0 saturated carbocycles. The van der Waals surface area contributed by atoms with Gasteiger partial charge in [0.05, 0.1) is 15.6 Å². The van der Waals surface area contributed by atoms with Crippen LogP contribution in [0.25, 0.3) is 10.7 Å². The normalized spacial score (nSPS) is 11.1. The molecule has 1 N–H and O–H groups in total. The summed E-state index contributed by atoms with van der Waals surface area (Å²) in [4.78, 5) is 5.81. The molecule has 0 unspecified atom stereocenters. The third-order valence-electron chi connectivity index (χ3n) is 2.79. The van der Waals surface area contributed by atoms with E-state index in [4.69, 9.17) is 12.2 Å². The van der Waals surface area contributed by atoms with Crippen molar-refractivity contribution in [2.45, 2.75) is 46.6 Å². The highest BCUT2D eigenvalue weighted by molar-refractivity contribution is 7.71. The van der Waals surface area contributed by atoms with Crippen molar-refractivity contribution in [1.82, 2.24) is 19.7 Å². The minimum atomic E-state index is 0.695. The molecule has 2 aromatic rings. The van der Waals surface area contributed by atoms with Crippen molar-refractivity contribution < 1.29 is 0 Å². The van der Waals surface area contributed by atoms with Crippen LogP contribution < -0.4 is 0 Å². The van der Waals surface area contributed by atoms with Gasteiger partial charge in [-0.15, -0.1) is 11.3 Å². The van der Waals surface area contributed by atoms with E-state index in [9.17, 15) is 0 Å². The van der Waals surface area contributed by atoms with Gasteiger partial charge >= 0.3 is 0 Å². The highest BCUT2D eigenvalue weighted by Crippen LogP contribution is 2.30. The Morgan fingerprint density at radius 2 is 2.06 bits per heavy atom. The lowest BCUT2D eigenvalue weighted by Crippen LogP contribution is -2.00. The number of aromatic nitrogens is 4. The zero-order valence-electron chi connectivity index (χ0n) is 11.0. The summed E-state index contributed by atoms with van der Waals surface area (Å²) in [6.45, 7) is 7.30. The van der Waals surface area contributed by atoms with Gasteiger partial charge in [-0.25, -0.2) is 4.98 Å². The number of aryl methyl sites for hydroxylation is 2. The number of aromatic amines is 1. The van der Waals surface area contributed by atoms with Crippen molar-refractivity contribution >= 4 is 23.6 Å². The van der Waals surface area contributed by atoms with Crippen LogP contribution in [0.5, 0.6) is 0 Å². The summed E-state index contributed by atoms with van der Waals surface area (Å²) >= 11 is 7.01. The molecule has 0 aliphatic carbocycles. The fourth-order valence-corrected chi connectivity index (χ4v) is 3.20. The lowest BCUT2D eigenvalue weighted by molar-refractivity contribution is 0.675. The topological polar surface area (TPSA) is 46.5 Å². The van der Waals surface area contributed by atoms with Gasteiger partial charge in [0.2, 0.25) is 0 Å². The number of H-pyrrole nitrogens is 1. The average Bonchev–Trinajstić information content (AvgIpc) is 2.94. The molecule has 0 aromatic carbocycles. The Balaban J connectivity index is 2.54. The molecule has 0 amide bonds. The van der Waals surface area contributed by atoms with Crippen LogP contribution in [-0.4, -0.2) is 19.7 Å². The molecule has 0 fully saturated rings. The molecule has 0 atom stereocenters. The molecular weight excluding hydrogens is 264 g/mol. The molecule has 2 heterocycles. The van der Waals surface area contributed by atoms with Crippen molar-refractivity contribution in [1.29, 1.82) is 0 Å². The molecule has 0 saturated heterocycles. The van der Waals surface area contributed by atoms with Crippen LogP contribution in [0.3, 0.4) is 0 Å². The average molecular weight is 282 g/mol. The van der Waals surface area contributed by atoms with Crippen LogP contribution in [0.15, 0.2) is 0 Å². The van der Waals surface area contributed by atoms with Crippen molar-refractivity contribution in [3.05, 3.63) is 15.5 Å². The van der Waals surface area contributed by atoms with E-state index in [1.165, 1.54) is 5.01 Å². The molecule has 0 bridgehead atoms. The summed E-state index contributed by atoms with van der Waals surface area (Å²) in [5.41, 5.74) is 1.13. The molecule has 18 heavy (non-hydrogen) atoms. The Morgan fingerprint density at radius 1 is 1.28 bits per heavy atom. The number of nitrogens with zero attached hydrogens (tertiary/aromatic N) is 3. The second-order valence-electron chi connectivity index (χ2n) is 4.09. The van der Waals surface area contributed by atoms with Crippen molar-refractivity contribution in [2.75, 3.05) is 0 Å². The lowest BCUT2D eigenvalue weighted by atomic mass is 10.3. The largest absolute Gasteiger partial charge is 0.299 e. The van der Waals surface area contributed by atoms with Crippen LogP contribution in [-0.2, 0) is 19.4 Å². The monoisotopic (exact) mass is 282 g/mol. The fraction of sp³-hybridized carbons (Fsp3) is 0.583. The SMILES string of the molecule is CCCn1c(-c2sc(CC)nc2CC)n[nH]c1=S. The van der Waals surface area contributed by atoms with Crippen LogP contribution in [0.4, 0.5) is 0 Å². The van der Waals surface area contributed by atoms with E-state index >= 15 is 0 Å². The minimum absolute atomic E-state index is 0.695. The Hall–Kier alpha value is -1.01. The van der Waals surface area contributed by atoms with E-state index in [0.717, 1.165) is 42.2 Å². The van der Waals surface area contributed by atoms with Gasteiger partial charge in [0.25, 0.3) is 0 Å². The first-order chi connectivity index (χ1) is 8.71. The summed E-state index contributed by atoms with van der Waals surface area (Å²) in [5, 5.41) is 8.44. The Morgan fingerprint density at radius 3 is 2.67 bits per heavy atom. The van der Waals surface area contributed by atoms with Gasteiger partial charge in [-0.1, -0.05) is 20.8 Å². The van der Waals surface area contributed by atoms with E-state index in [1.807, 2.05) is 0 Å². The van der Waals surface area contributed by atoms with Gasteiger partial charge in [-0.05, 0) is 31.5 Å². The number of nitrogens with one attached hydrogen (secondary N) is 1. The first kappa shape index (κ1) is 13.4. The van der Waals surface area contributed by atoms with Crippen molar-refractivity contribution in [3.63, 3.8) is 0 Å². The maximum atomic E-state index is 5.28. The number of hydrogen-bond donors (Lipinski definition) is 1. The van der Waals surface area contributed by atoms with E-state index < -0.39 is 0 Å². The van der Waals surface area contributed by atoms with E-state index in [-0.39, 0.29) is 0 Å². The molecular formula is C12H18N4S2. The highest BCUT2D eigenvalue weighted by atomic mass is 32.1. The van der Waals surface area contributed by atoms with Gasteiger partial charge in [0.15, 0.2) is 10.6 Å². The standard InChI is InChI=1S/C12H18N4S2/c1-4-7-16-11(14-15-12(16)17)10-8(5-2)13-9(6-3)18-10/h4-7H2,1-3H3,(H,15,17). The zero-order valence-corrected chi connectivity index (χ0v) is 12.6. The van der Waals surface area contributed by atoms with Crippen LogP contribution in [0.2, 0.25) is 0 Å². The maximum Gasteiger partial charge on any atom is 0.195 e. The summed E-state index contributed by atoms with van der Waals surface area (Å²) < 4.78 is 2.77. The van der Waals surface area contributed by atoms with Crippen molar-refractivity contribution in [2.24, 2.45) is 0 Å². The summed E-state index contributed by atoms with van der Waals surface area (Å²) in [5.74, 6) is 0.941. The third kappa shape index (κ3) is 2.40. The van der Waals surface area contributed by atoms with Crippen molar-refractivity contribution in [3.8, 4) is 10.7 Å². The minimum Gasteiger partial charge on any atom is -0.299 e. The van der Waals surface area contributed by atoms with Gasteiger partial charge in [-0.3, -0.25) is 9.67 Å². The molecule has 0 spiro atoms.